The van der Waals surface area contributed by atoms with E-state index in [0.29, 0.717) is 11.3 Å². The zero-order valence-electron chi connectivity index (χ0n) is 9.80. The molecule has 1 aliphatic heterocycles. The Morgan fingerprint density at radius 1 is 1.56 bits per heavy atom. The molecular formula is C12H15N3O2S. The molecule has 96 valence electrons. The van der Waals surface area contributed by atoms with Gasteiger partial charge in [0.1, 0.15) is 0 Å². The molecule has 0 aromatic heterocycles. The minimum Gasteiger partial charge on any atom is -0.409 e. The van der Waals surface area contributed by atoms with Crippen LogP contribution in [0.5, 0.6) is 0 Å². The highest BCUT2D eigenvalue weighted by molar-refractivity contribution is 8.00. The van der Waals surface area contributed by atoms with E-state index in [2.05, 4.69) is 10.5 Å². The molecule has 5 nitrogen and oxygen atoms in total. The molecule has 1 atom stereocenters. The summed E-state index contributed by atoms with van der Waals surface area (Å²) in [6.45, 7) is 0. The number of thioether (sulfide) groups is 1. The predicted octanol–water partition coefficient (Wildman–Crippen LogP) is 1.62. The number of anilines is 1. The van der Waals surface area contributed by atoms with Crippen LogP contribution in [0.25, 0.3) is 0 Å². The molecule has 1 amide bonds. The molecule has 6 heteroatoms. The number of amidine groups is 1. The number of hydrogen-bond acceptors (Lipinski definition) is 4. The quantitative estimate of drug-likeness (QED) is 0.335. The highest BCUT2D eigenvalue weighted by Crippen LogP contribution is 2.27. The first-order chi connectivity index (χ1) is 8.70. The average molecular weight is 265 g/mol. The van der Waals surface area contributed by atoms with Crippen LogP contribution in [0, 0.1) is 0 Å². The molecule has 1 saturated heterocycles. The number of nitrogens with one attached hydrogen (secondary N) is 1. The summed E-state index contributed by atoms with van der Waals surface area (Å²) in [7, 11) is 0. The first kappa shape index (κ1) is 12.8. The topological polar surface area (TPSA) is 87.7 Å². The van der Waals surface area contributed by atoms with Gasteiger partial charge in [-0.3, -0.25) is 4.79 Å². The van der Waals surface area contributed by atoms with Crippen molar-refractivity contribution in [2.24, 2.45) is 10.9 Å². The minimum atomic E-state index is 0.0224. The maximum Gasteiger partial charge on any atom is 0.237 e. The molecule has 0 spiro atoms. The molecule has 1 aromatic rings. The molecule has 18 heavy (non-hydrogen) atoms. The molecule has 2 rings (SSSR count). The number of carbonyl (C=O) groups is 1. The van der Waals surface area contributed by atoms with Crippen molar-refractivity contribution in [3.63, 3.8) is 0 Å². The monoisotopic (exact) mass is 265 g/mol. The van der Waals surface area contributed by atoms with Gasteiger partial charge in [0.25, 0.3) is 0 Å². The van der Waals surface area contributed by atoms with Crippen LogP contribution in [-0.4, -0.2) is 28.0 Å². The van der Waals surface area contributed by atoms with Crippen molar-refractivity contribution in [1.82, 2.24) is 0 Å². The number of oxime groups is 1. The fourth-order valence-electron chi connectivity index (χ4n) is 1.82. The van der Waals surface area contributed by atoms with Crippen molar-refractivity contribution in [3.8, 4) is 0 Å². The van der Waals surface area contributed by atoms with Crippen molar-refractivity contribution >= 4 is 29.2 Å². The van der Waals surface area contributed by atoms with Crippen molar-refractivity contribution in [2.75, 3.05) is 11.1 Å². The predicted molar refractivity (Wildman–Crippen MR) is 73.1 cm³/mol. The fraction of sp³-hybridized carbons (Fsp3) is 0.333. The molecule has 0 saturated carbocycles. The van der Waals surface area contributed by atoms with Crippen LogP contribution in [0.2, 0.25) is 0 Å². The molecule has 0 bridgehead atoms. The van der Waals surface area contributed by atoms with Crippen molar-refractivity contribution in [3.05, 3.63) is 29.8 Å². The Bertz CT molecular complexity index is 470. The number of rotatable bonds is 3. The fourth-order valence-corrected chi connectivity index (χ4v) is 2.98. The van der Waals surface area contributed by atoms with Crippen LogP contribution in [0.4, 0.5) is 5.69 Å². The van der Waals surface area contributed by atoms with E-state index in [1.54, 1.807) is 36.0 Å². The first-order valence-corrected chi connectivity index (χ1v) is 6.76. The van der Waals surface area contributed by atoms with Gasteiger partial charge in [-0.2, -0.15) is 0 Å². The van der Waals surface area contributed by atoms with Gasteiger partial charge in [-0.25, -0.2) is 0 Å². The summed E-state index contributed by atoms with van der Waals surface area (Å²) in [6.07, 6.45) is 2.02. The van der Waals surface area contributed by atoms with Gasteiger partial charge in [0.2, 0.25) is 5.91 Å². The van der Waals surface area contributed by atoms with E-state index in [0.717, 1.165) is 18.6 Å². The number of carbonyl (C=O) groups excluding carboxylic acids is 1. The Balaban J connectivity index is 2.07. The highest BCUT2D eigenvalue weighted by Gasteiger charge is 2.23. The largest absolute Gasteiger partial charge is 0.409 e. The van der Waals surface area contributed by atoms with E-state index in [9.17, 15) is 4.79 Å². The van der Waals surface area contributed by atoms with Gasteiger partial charge in [0, 0.05) is 11.3 Å². The number of nitrogens with zero attached hydrogens (tertiary/aromatic N) is 1. The minimum absolute atomic E-state index is 0.0224. The van der Waals surface area contributed by atoms with Gasteiger partial charge in [-0.1, -0.05) is 17.3 Å². The molecule has 1 aromatic carbocycles. The normalized spacial score (nSPS) is 19.8. The summed E-state index contributed by atoms with van der Waals surface area (Å²) in [4.78, 5) is 11.9. The Morgan fingerprint density at radius 2 is 2.39 bits per heavy atom. The summed E-state index contributed by atoms with van der Waals surface area (Å²) in [5, 5.41) is 14.4. The summed E-state index contributed by atoms with van der Waals surface area (Å²) < 4.78 is 0. The Labute approximate surface area is 109 Å². The van der Waals surface area contributed by atoms with Crippen LogP contribution in [0.15, 0.2) is 29.4 Å². The lowest BCUT2D eigenvalue weighted by atomic mass is 10.2. The van der Waals surface area contributed by atoms with Crippen LogP contribution >= 0.6 is 11.8 Å². The van der Waals surface area contributed by atoms with Gasteiger partial charge in [-0.15, -0.1) is 11.8 Å². The number of amides is 1. The van der Waals surface area contributed by atoms with Gasteiger partial charge < -0.3 is 16.3 Å². The summed E-state index contributed by atoms with van der Waals surface area (Å²) in [6, 6.07) is 6.94. The van der Waals surface area contributed by atoms with E-state index >= 15 is 0 Å². The Hall–Kier alpha value is -1.69. The maximum absolute atomic E-state index is 11.9. The zero-order chi connectivity index (χ0) is 13.0. The lowest BCUT2D eigenvalue weighted by Gasteiger charge is -2.10. The van der Waals surface area contributed by atoms with Crippen LogP contribution in [0.1, 0.15) is 18.4 Å². The van der Waals surface area contributed by atoms with Crippen LogP contribution in [-0.2, 0) is 4.79 Å². The molecule has 0 aliphatic carbocycles. The van der Waals surface area contributed by atoms with E-state index in [1.165, 1.54) is 0 Å². The number of nitrogens with two attached hydrogens (primary N) is 1. The number of benzene rings is 1. The lowest BCUT2D eigenvalue weighted by molar-refractivity contribution is -0.115. The third kappa shape index (κ3) is 2.95. The van der Waals surface area contributed by atoms with Crippen LogP contribution in [0.3, 0.4) is 0 Å². The second-order valence-electron chi connectivity index (χ2n) is 4.06. The van der Waals surface area contributed by atoms with Gasteiger partial charge >= 0.3 is 0 Å². The van der Waals surface area contributed by atoms with E-state index in [4.69, 9.17) is 10.9 Å². The van der Waals surface area contributed by atoms with Crippen molar-refractivity contribution in [2.45, 2.75) is 18.1 Å². The van der Waals surface area contributed by atoms with E-state index in [-0.39, 0.29) is 17.0 Å². The summed E-state index contributed by atoms with van der Waals surface area (Å²) >= 11 is 1.68. The van der Waals surface area contributed by atoms with E-state index in [1.807, 2.05) is 0 Å². The average Bonchev–Trinajstić information content (AvgIpc) is 2.92. The van der Waals surface area contributed by atoms with Crippen LogP contribution < -0.4 is 11.1 Å². The molecule has 1 heterocycles. The van der Waals surface area contributed by atoms with Gasteiger partial charge in [-0.05, 0) is 30.7 Å². The molecule has 1 unspecified atom stereocenters. The van der Waals surface area contributed by atoms with Gasteiger partial charge in [0.15, 0.2) is 5.84 Å². The lowest BCUT2D eigenvalue weighted by Crippen LogP contribution is -2.23. The SMILES string of the molecule is N/C(=N\O)c1cccc(NC(=O)C2CCCS2)c1. The maximum atomic E-state index is 11.9. The third-order valence-electron chi connectivity index (χ3n) is 2.76. The standard InChI is InChI=1S/C12H15N3O2S/c13-11(15-17)8-3-1-4-9(7-8)14-12(16)10-5-2-6-18-10/h1,3-4,7,10,17H,2,5-6H2,(H2,13,15)(H,14,16). The second kappa shape index (κ2) is 5.77. The Morgan fingerprint density at radius 3 is 3.06 bits per heavy atom. The second-order valence-corrected chi connectivity index (χ2v) is 5.37. The van der Waals surface area contributed by atoms with Gasteiger partial charge in [0.05, 0.1) is 5.25 Å². The van der Waals surface area contributed by atoms with Crippen molar-refractivity contribution < 1.29 is 10.0 Å². The zero-order valence-corrected chi connectivity index (χ0v) is 10.6. The van der Waals surface area contributed by atoms with Crippen molar-refractivity contribution in [1.29, 1.82) is 0 Å². The summed E-state index contributed by atoms with van der Waals surface area (Å²) in [5.74, 6) is 1.10. The summed E-state index contributed by atoms with van der Waals surface area (Å²) in [5.41, 5.74) is 6.74. The molecule has 1 fully saturated rings. The molecule has 0 radical (unpaired) electrons. The smallest absolute Gasteiger partial charge is 0.237 e. The molecular weight excluding hydrogens is 250 g/mol. The molecule has 1 aliphatic rings. The number of hydrogen-bond donors (Lipinski definition) is 3. The third-order valence-corrected chi connectivity index (χ3v) is 4.13. The highest BCUT2D eigenvalue weighted by atomic mass is 32.2. The first-order valence-electron chi connectivity index (χ1n) is 5.71. The Kier molecular flexibility index (Phi) is 4.09. The van der Waals surface area contributed by atoms with E-state index < -0.39 is 0 Å². The molecule has 4 N–H and O–H groups in total.